The summed E-state index contributed by atoms with van der Waals surface area (Å²) in [5, 5.41) is 14.9. The van der Waals surface area contributed by atoms with Crippen molar-refractivity contribution in [2.45, 2.75) is 37.0 Å². The second kappa shape index (κ2) is 8.48. The molecule has 5 nitrogen and oxygen atoms in total. The van der Waals surface area contributed by atoms with E-state index in [1.807, 2.05) is 60.7 Å². The average Bonchev–Trinajstić information content (AvgIpc) is 3.29. The van der Waals surface area contributed by atoms with E-state index < -0.39 is 32.8 Å². The van der Waals surface area contributed by atoms with Gasteiger partial charge in [-0.15, -0.1) is 0 Å². The Labute approximate surface area is 176 Å². The molecule has 0 aliphatic heterocycles. The zero-order valence-corrected chi connectivity index (χ0v) is 17.4. The van der Waals surface area contributed by atoms with Gasteiger partial charge in [0.05, 0.1) is 11.3 Å². The normalized spacial score (nSPS) is 15.9. The van der Waals surface area contributed by atoms with Gasteiger partial charge >= 0.3 is 0 Å². The van der Waals surface area contributed by atoms with Crippen LogP contribution in [-0.4, -0.2) is 30.4 Å². The number of carbonyl (C=O) groups is 1. The number of sulfone groups is 1. The quantitative estimate of drug-likeness (QED) is 0.625. The van der Waals surface area contributed by atoms with Gasteiger partial charge in [-0.3, -0.25) is 4.79 Å². The minimum atomic E-state index is -3.50. The van der Waals surface area contributed by atoms with Crippen LogP contribution >= 0.6 is 0 Å². The first-order chi connectivity index (χ1) is 14.5. The third-order valence-corrected chi connectivity index (χ3v) is 7.97. The molecule has 2 N–H and O–H groups in total. The summed E-state index contributed by atoms with van der Waals surface area (Å²) in [5.74, 6) is -1.03. The minimum absolute atomic E-state index is 0.0569. The van der Waals surface area contributed by atoms with Gasteiger partial charge in [0.25, 0.3) is 0 Å². The molecular formula is C24H25NO4S. The van der Waals surface area contributed by atoms with E-state index in [1.54, 1.807) is 6.07 Å². The van der Waals surface area contributed by atoms with Gasteiger partial charge in [-0.1, -0.05) is 73.5 Å². The van der Waals surface area contributed by atoms with Crippen LogP contribution in [0.1, 0.15) is 42.9 Å². The first-order valence-corrected chi connectivity index (χ1v) is 11.9. The van der Waals surface area contributed by atoms with Crippen molar-refractivity contribution in [2.24, 2.45) is 0 Å². The number of nitrogens with one attached hydrogen (secondary N) is 1. The van der Waals surface area contributed by atoms with Crippen molar-refractivity contribution in [1.82, 2.24) is 5.32 Å². The Balaban J connectivity index is 1.70. The fourth-order valence-electron chi connectivity index (χ4n) is 4.31. The van der Waals surface area contributed by atoms with Crippen molar-refractivity contribution in [3.63, 3.8) is 0 Å². The van der Waals surface area contributed by atoms with Gasteiger partial charge in [0.2, 0.25) is 5.91 Å². The highest BCUT2D eigenvalue weighted by Crippen LogP contribution is 2.36. The highest BCUT2D eigenvalue weighted by molar-refractivity contribution is 7.92. The maximum atomic E-state index is 12.8. The summed E-state index contributed by atoms with van der Waals surface area (Å²) in [6, 6.07) is 19.7. The van der Waals surface area contributed by atoms with Gasteiger partial charge in [-0.25, -0.2) is 8.42 Å². The first-order valence-electron chi connectivity index (χ1n) is 10.2. The molecule has 1 aliphatic rings. The van der Waals surface area contributed by atoms with Gasteiger partial charge in [0.1, 0.15) is 11.5 Å². The number of hydrogen-bond donors (Lipinski definition) is 2. The van der Waals surface area contributed by atoms with Gasteiger partial charge in [-0.05, 0) is 35.2 Å². The zero-order chi connectivity index (χ0) is 21.1. The molecule has 156 valence electrons. The van der Waals surface area contributed by atoms with Crippen molar-refractivity contribution < 1.29 is 18.3 Å². The van der Waals surface area contributed by atoms with Crippen LogP contribution in [0.5, 0.6) is 5.75 Å². The Bertz CT molecular complexity index is 1150. The summed E-state index contributed by atoms with van der Waals surface area (Å²) in [5.41, 5.74) is 1.33. The van der Waals surface area contributed by atoms with Crippen LogP contribution in [0.25, 0.3) is 10.8 Å². The van der Waals surface area contributed by atoms with Crippen molar-refractivity contribution >= 4 is 26.5 Å². The lowest BCUT2D eigenvalue weighted by molar-refractivity contribution is -0.119. The Hall–Kier alpha value is -2.86. The highest BCUT2D eigenvalue weighted by atomic mass is 32.2. The Morgan fingerprint density at radius 1 is 0.967 bits per heavy atom. The maximum Gasteiger partial charge on any atom is 0.235 e. The standard InChI is InChI=1S/C24H25NO4S/c26-21-15-14-17-8-4-7-13-20(17)23(21)24(18-9-2-1-3-10-18)25-22(27)16-30(28,29)19-11-5-6-12-19/h1-4,7-10,13-15,19,24,26H,5-6,11-12,16H2,(H,25,27). The molecule has 0 aromatic heterocycles. The van der Waals surface area contributed by atoms with E-state index in [0.29, 0.717) is 18.4 Å². The molecule has 30 heavy (non-hydrogen) atoms. The van der Waals surface area contributed by atoms with E-state index in [1.165, 1.54) is 0 Å². The number of fused-ring (bicyclic) bond motifs is 1. The smallest absolute Gasteiger partial charge is 0.235 e. The molecule has 1 aliphatic carbocycles. The maximum absolute atomic E-state index is 12.8. The number of phenols is 1. The van der Waals surface area contributed by atoms with Crippen molar-refractivity contribution in [2.75, 3.05) is 5.75 Å². The average molecular weight is 424 g/mol. The lowest BCUT2D eigenvalue weighted by Gasteiger charge is -2.23. The predicted molar refractivity (Wildman–Crippen MR) is 118 cm³/mol. The van der Waals surface area contributed by atoms with E-state index in [0.717, 1.165) is 29.2 Å². The van der Waals surface area contributed by atoms with Crippen LogP contribution in [0.3, 0.4) is 0 Å². The van der Waals surface area contributed by atoms with E-state index in [2.05, 4.69) is 5.32 Å². The molecule has 4 rings (SSSR count). The monoisotopic (exact) mass is 423 g/mol. The first kappa shape index (κ1) is 20.4. The van der Waals surface area contributed by atoms with Crippen molar-refractivity contribution in [3.8, 4) is 5.75 Å². The Morgan fingerprint density at radius 2 is 1.63 bits per heavy atom. The van der Waals surface area contributed by atoms with Crippen molar-refractivity contribution in [3.05, 3.63) is 77.9 Å². The lowest BCUT2D eigenvalue weighted by atomic mass is 9.92. The number of aromatic hydroxyl groups is 1. The van der Waals surface area contributed by atoms with Gasteiger partial charge in [0.15, 0.2) is 9.84 Å². The van der Waals surface area contributed by atoms with E-state index >= 15 is 0 Å². The largest absolute Gasteiger partial charge is 0.508 e. The molecule has 0 spiro atoms. The molecule has 0 bridgehead atoms. The second-order valence-corrected chi connectivity index (χ2v) is 10.1. The highest BCUT2D eigenvalue weighted by Gasteiger charge is 2.32. The predicted octanol–water partition coefficient (Wildman–Crippen LogP) is 4.11. The minimum Gasteiger partial charge on any atom is -0.508 e. The van der Waals surface area contributed by atoms with Crippen LogP contribution in [0, 0.1) is 0 Å². The summed E-state index contributed by atoms with van der Waals surface area (Å²) < 4.78 is 25.3. The van der Waals surface area contributed by atoms with Crippen LogP contribution in [0.15, 0.2) is 66.7 Å². The number of carbonyl (C=O) groups excluding carboxylic acids is 1. The molecule has 1 saturated carbocycles. The number of amides is 1. The molecule has 1 fully saturated rings. The number of hydrogen-bond acceptors (Lipinski definition) is 4. The zero-order valence-electron chi connectivity index (χ0n) is 16.6. The molecule has 1 unspecified atom stereocenters. The summed E-state index contributed by atoms with van der Waals surface area (Å²) in [4.78, 5) is 12.8. The van der Waals surface area contributed by atoms with E-state index in [-0.39, 0.29) is 5.75 Å². The van der Waals surface area contributed by atoms with Crippen LogP contribution in [0.2, 0.25) is 0 Å². The molecule has 1 atom stereocenters. The summed E-state index contributed by atoms with van der Waals surface area (Å²) in [7, 11) is -3.50. The number of phenolic OH excluding ortho intramolecular Hbond substituents is 1. The fourth-order valence-corrected chi connectivity index (χ4v) is 6.04. The third kappa shape index (κ3) is 4.19. The molecule has 0 radical (unpaired) electrons. The molecular weight excluding hydrogens is 398 g/mol. The number of rotatable bonds is 6. The third-order valence-electron chi connectivity index (χ3n) is 5.82. The lowest BCUT2D eigenvalue weighted by Crippen LogP contribution is -2.36. The summed E-state index contributed by atoms with van der Waals surface area (Å²) >= 11 is 0. The van der Waals surface area contributed by atoms with E-state index in [4.69, 9.17) is 0 Å². The van der Waals surface area contributed by atoms with Crippen molar-refractivity contribution in [1.29, 1.82) is 0 Å². The fraction of sp³-hybridized carbons (Fsp3) is 0.292. The molecule has 3 aromatic carbocycles. The Morgan fingerprint density at radius 3 is 2.37 bits per heavy atom. The van der Waals surface area contributed by atoms with Gasteiger partial charge in [0, 0.05) is 5.56 Å². The molecule has 6 heteroatoms. The molecule has 0 heterocycles. The Kier molecular flexibility index (Phi) is 5.77. The molecule has 1 amide bonds. The van der Waals surface area contributed by atoms with Crippen LogP contribution < -0.4 is 5.32 Å². The van der Waals surface area contributed by atoms with Gasteiger partial charge in [-0.2, -0.15) is 0 Å². The molecule has 0 saturated heterocycles. The summed E-state index contributed by atoms with van der Waals surface area (Å²) in [6.45, 7) is 0. The number of benzene rings is 3. The second-order valence-electron chi connectivity index (χ2n) is 7.84. The SMILES string of the molecule is O=C(CS(=O)(=O)C1CCCC1)NC(c1ccccc1)c1c(O)ccc2ccccc12. The van der Waals surface area contributed by atoms with Crippen LogP contribution in [0.4, 0.5) is 0 Å². The van der Waals surface area contributed by atoms with Gasteiger partial charge < -0.3 is 10.4 Å². The van der Waals surface area contributed by atoms with E-state index in [9.17, 15) is 18.3 Å². The van der Waals surface area contributed by atoms with Crippen LogP contribution in [-0.2, 0) is 14.6 Å². The summed E-state index contributed by atoms with van der Waals surface area (Å²) in [6.07, 6.45) is 3.04. The topological polar surface area (TPSA) is 83.5 Å². The molecule has 3 aromatic rings.